The molecule has 4 aliphatic rings. The van der Waals surface area contributed by atoms with Crippen LogP contribution in [0.4, 0.5) is 0 Å². The molecule has 1 N–H and O–H groups in total. The van der Waals surface area contributed by atoms with Crippen molar-refractivity contribution >= 4 is 5.97 Å². The van der Waals surface area contributed by atoms with Crippen LogP contribution in [0.25, 0.3) is 11.3 Å². The zero-order chi connectivity index (χ0) is 25.3. The molecule has 1 saturated carbocycles. The number of hydrogen-bond donors (Lipinski definition) is 1. The van der Waals surface area contributed by atoms with E-state index in [0.29, 0.717) is 11.5 Å². The first-order valence-corrected chi connectivity index (χ1v) is 13.9. The molecule has 3 aromatic rings. The van der Waals surface area contributed by atoms with E-state index in [1.807, 2.05) is 66.7 Å². The van der Waals surface area contributed by atoms with Crippen molar-refractivity contribution in [2.45, 2.75) is 63.2 Å². The average molecular weight is 537 g/mol. The van der Waals surface area contributed by atoms with E-state index in [0.717, 1.165) is 92.6 Å². The Morgan fingerprint density at radius 1 is 0.974 bits per heavy atom. The highest BCUT2D eigenvalue weighted by Crippen LogP contribution is 2.43. The molecule has 7 rings (SSSR count). The van der Waals surface area contributed by atoms with Crippen LogP contribution in [0.2, 0.25) is 0 Å². The van der Waals surface area contributed by atoms with Crippen molar-refractivity contribution < 1.29 is 36.1 Å². The van der Waals surface area contributed by atoms with Crippen LogP contribution in [0.1, 0.15) is 56.2 Å². The number of ether oxygens (including phenoxy) is 1. The molecule has 0 unspecified atom stereocenters. The zero-order valence-electron chi connectivity index (χ0n) is 21.8. The topological polar surface area (TPSA) is 72.6 Å². The maximum atomic E-state index is 13.8. The molecule has 1 aromatic heterocycles. The van der Waals surface area contributed by atoms with Gasteiger partial charge in [-0.25, -0.2) is 4.79 Å². The molecule has 2 bridgehead atoms. The van der Waals surface area contributed by atoms with Gasteiger partial charge in [0.25, 0.3) is 0 Å². The summed E-state index contributed by atoms with van der Waals surface area (Å²) in [4.78, 5) is 13.8. The van der Waals surface area contributed by atoms with E-state index in [-0.39, 0.29) is 24.4 Å². The van der Waals surface area contributed by atoms with Gasteiger partial charge in [-0.15, -0.1) is 0 Å². The second-order valence-electron chi connectivity index (χ2n) is 11.4. The summed E-state index contributed by atoms with van der Waals surface area (Å²) in [5, 5.41) is 16.4. The lowest BCUT2D eigenvalue weighted by Gasteiger charge is -2.52. The molecule has 2 aromatic carbocycles. The summed E-state index contributed by atoms with van der Waals surface area (Å²) in [6.45, 7) is 3.64. The quantitative estimate of drug-likeness (QED) is 0.371. The van der Waals surface area contributed by atoms with E-state index in [2.05, 4.69) is 5.16 Å². The van der Waals surface area contributed by atoms with E-state index in [1.54, 1.807) is 0 Å². The normalized spacial score (nSPS) is 26.8. The monoisotopic (exact) mass is 536 g/mol. The van der Waals surface area contributed by atoms with Gasteiger partial charge in [-0.1, -0.05) is 85.1 Å². The van der Waals surface area contributed by atoms with Gasteiger partial charge >= 0.3 is 5.97 Å². The number of benzene rings is 2. The number of quaternary nitrogens is 1. The van der Waals surface area contributed by atoms with Gasteiger partial charge < -0.3 is 31.3 Å². The van der Waals surface area contributed by atoms with Crippen molar-refractivity contribution in [1.29, 1.82) is 0 Å². The molecule has 1 aliphatic carbocycles. The number of aromatic nitrogens is 1. The SMILES string of the molecule is O=C(O[C@H]1C[N+]2(Cc3cc(-c4ccccc4)on3)CCC1CC2)[C@](O)(c1ccccc1)C1CCCCC1.[Cl-]. The molecule has 3 saturated heterocycles. The Bertz CT molecular complexity index is 1200. The lowest BCUT2D eigenvalue weighted by Crippen LogP contribution is -3.00. The van der Waals surface area contributed by atoms with E-state index in [9.17, 15) is 9.90 Å². The standard InChI is InChI=1S/C31H37N2O4.ClH/c34-30(31(35,25-12-6-2-7-13-25)26-14-8-3-9-15-26)36-29-22-33(18-16-24(29)17-19-33)21-27-20-28(37-32-27)23-10-4-1-5-11-23;/h1-2,4-7,10-13,20,24,26,29,35H,3,8-9,14-19,21-22H2;1H/q+1;/p-1/t24?,29-,31-,33?;/m0./s1. The van der Waals surface area contributed by atoms with Gasteiger partial charge in [-0.3, -0.25) is 0 Å². The van der Waals surface area contributed by atoms with Crippen LogP contribution in [0.15, 0.2) is 71.3 Å². The number of aliphatic hydroxyl groups is 1. The Morgan fingerprint density at radius 2 is 1.63 bits per heavy atom. The van der Waals surface area contributed by atoms with Crippen LogP contribution >= 0.6 is 0 Å². The fourth-order valence-corrected chi connectivity index (χ4v) is 7.01. The highest BCUT2D eigenvalue weighted by molar-refractivity contribution is 5.81. The van der Waals surface area contributed by atoms with E-state index in [1.165, 1.54) is 0 Å². The van der Waals surface area contributed by atoms with Crippen molar-refractivity contribution in [3.8, 4) is 11.3 Å². The van der Waals surface area contributed by atoms with Gasteiger partial charge in [0.05, 0.1) is 13.1 Å². The Labute approximate surface area is 231 Å². The summed E-state index contributed by atoms with van der Waals surface area (Å²) in [5.41, 5.74) is 1.03. The van der Waals surface area contributed by atoms with Crippen LogP contribution < -0.4 is 12.4 Å². The first kappa shape index (κ1) is 26.9. The summed E-state index contributed by atoms with van der Waals surface area (Å²) in [6, 6.07) is 21.5. The highest BCUT2D eigenvalue weighted by atomic mass is 35.5. The van der Waals surface area contributed by atoms with Crippen molar-refractivity contribution in [3.05, 3.63) is 78.0 Å². The molecular formula is C31H37ClN2O4. The lowest BCUT2D eigenvalue weighted by atomic mass is 9.73. The number of rotatable bonds is 7. The molecule has 4 fully saturated rings. The first-order chi connectivity index (χ1) is 18.1. The molecule has 0 radical (unpaired) electrons. The number of piperidine rings is 3. The maximum Gasteiger partial charge on any atom is 0.343 e. The van der Waals surface area contributed by atoms with Gasteiger partial charge in [0.15, 0.2) is 17.5 Å². The van der Waals surface area contributed by atoms with Crippen LogP contribution in [0.3, 0.4) is 0 Å². The minimum absolute atomic E-state index is 0. The molecule has 3 aliphatic heterocycles. The largest absolute Gasteiger partial charge is 1.00 e. The molecule has 6 nitrogen and oxygen atoms in total. The summed E-state index contributed by atoms with van der Waals surface area (Å²) < 4.78 is 12.8. The number of carbonyl (C=O) groups excluding carboxylic acids is 1. The Balaban J connectivity index is 0.00000294. The van der Waals surface area contributed by atoms with Crippen LogP contribution in [-0.4, -0.2) is 46.5 Å². The molecular weight excluding hydrogens is 500 g/mol. The van der Waals surface area contributed by atoms with Crippen LogP contribution in [-0.2, 0) is 21.7 Å². The van der Waals surface area contributed by atoms with Gasteiger partial charge in [0, 0.05) is 36.3 Å². The molecule has 202 valence electrons. The van der Waals surface area contributed by atoms with Crippen molar-refractivity contribution in [1.82, 2.24) is 5.16 Å². The number of carbonyl (C=O) groups is 1. The predicted octanol–water partition coefficient (Wildman–Crippen LogP) is 2.47. The summed E-state index contributed by atoms with van der Waals surface area (Å²) >= 11 is 0. The number of esters is 1. The Hall–Kier alpha value is -2.67. The number of halogens is 1. The van der Waals surface area contributed by atoms with Crippen molar-refractivity contribution in [3.63, 3.8) is 0 Å². The maximum absolute atomic E-state index is 13.8. The van der Waals surface area contributed by atoms with Crippen molar-refractivity contribution in [2.24, 2.45) is 11.8 Å². The van der Waals surface area contributed by atoms with Crippen LogP contribution in [0, 0.1) is 11.8 Å². The number of fused-ring (bicyclic) bond motifs is 3. The Morgan fingerprint density at radius 3 is 2.32 bits per heavy atom. The number of hydrogen-bond acceptors (Lipinski definition) is 5. The minimum atomic E-state index is -1.59. The molecule has 0 amide bonds. The molecule has 0 spiro atoms. The van der Waals surface area contributed by atoms with Gasteiger partial charge in [0.1, 0.15) is 18.8 Å². The average Bonchev–Trinajstić information content (AvgIpc) is 3.42. The van der Waals surface area contributed by atoms with Crippen LogP contribution in [0.5, 0.6) is 0 Å². The minimum Gasteiger partial charge on any atom is -1.00 e. The van der Waals surface area contributed by atoms with E-state index < -0.39 is 11.6 Å². The van der Waals surface area contributed by atoms with E-state index in [4.69, 9.17) is 9.26 Å². The third kappa shape index (κ3) is 5.14. The number of nitrogens with zero attached hydrogens (tertiary/aromatic N) is 2. The summed E-state index contributed by atoms with van der Waals surface area (Å²) in [5.74, 6) is 0.568. The lowest BCUT2D eigenvalue weighted by molar-refractivity contribution is -0.958. The first-order valence-electron chi connectivity index (χ1n) is 13.9. The summed E-state index contributed by atoms with van der Waals surface area (Å²) in [6.07, 6.45) is 6.81. The van der Waals surface area contributed by atoms with Gasteiger partial charge in [-0.05, 0) is 18.4 Å². The molecule has 4 heterocycles. The third-order valence-corrected chi connectivity index (χ3v) is 9.14. The van der Waals surface area contributed by atoms with Gasteiger partial charge in [-0.2, -0.15) is 0 Å². The second kappa shape index (κ2) is 11.2. The molecule has 7 heteroatoms. The third-order valence-electron chi connectivity index (χ3n) is 9.14. The second-order valence-corrected chi connectivity index (χ2v) is 11.4. The Kier molecular flexibility index (Phi) is 7.94. The predicted molar refractivity (Wildman–Crippen MR) is 140 cm³/mol. The van der Waals surface area contributed by atoms with Crippen molar-refractivity contribution in [2.75, 3.05) is 19.6 Å². The fourth-order valence-electron chi connectivity index (χ4n) is 7.01. The molecule has 38 heavy (non-hydrogen) atoms. The summed E-state index contributed by atoms with van der Waals surface area (Å²) in [7, 11) is 0. The fraction of sp³-hybridized carbons (Fsp3) is 0.484. The smallest absolute Gasteiger partial charge is 0.343 e. The zero-order valence-corrected chi connectivity index (χ0v) is 22.6. The van der Waals surface area contributed by atoms with Gasteiger partial charge in [0.2, 0.25) is 0 Å². The molecule has 2 atom stereocenters. The van der Waals surface area contributed by atoms with E-state index >= 15 is 0 Å². The highest BCUT2D eigenvalue weighted by Gasteiger charge is 2.52.